The first kappa shape index (κ1) is 9.15. The molecule has 0 bridgehead atoms. The van der Waals surface area contributed by atoms with Gasteiger partial charge in [0.2, 0.25) is 0 Å². The Balaban J connectivity index is 2.30. The van der Waals surface area contributed by atoms with Crippen molar-refractivity contribution in [3.8, 4) is 5.75 Å². The number of aromatic nitrogens is 1. The van der Waals surface area contributed by atoms with Gasteiger partial charge in [0.25, 0.3) is 0 Å². The number of ether oxygens (including phenoxy) is 1. The SMILES string of the molecule is NCc1nccc(OC2CC2)c1C=O. The Bertz CT molecular complexity index is 348. The van der Waals surface area contributed by atoms with E-state index in [1.807, 2.05) is 0 Å². The van der Waals surface area contributed by atoms with Crippen molar-refractivity contribution in [2.75, 3.05) is 0 Å². The van der Waals surface area contributed by atoms with Gasteiger partial charge in [0.1, 0.15) is 5.75 Å². The third-order valence-electron chi connectivity index (χ3n) is 2.16. The van der Waals surface area contributed by atoms with Gasteiger partial charge in [-0.3, -0.25) is 9.78 Å². The number of nitrogens with two attached hydrogens (primary N) is 1. The van der Waals surface area contributed by atoms with Crippen molar-refractivity contribution in [3.63, 3.8) is 0 Å². The van der Waals surface area contributed by atoms with Crippen LogP contribution in [0.15, 0.2) is 12.3 Å². The Morgan fingerprint density at radius 1 is 1.64 bits per heavy atom. The Hall–Kier alpha value is -1.42. The summed E-state index contributed by atoms with van der Waals surface area (Å²) in [5.74, 6) is 0.609. The molecule has 1 heterocycles. The van der Waals surface area contributed by atoms with Gasteiger partial charge in [-0.25, -0.2) is 0 Å². The van der Waals surface area contributed by atoms with Crippen molar-refractivity contribution < 1.29 is 9.53 Å². The summed E-state index contributed by atoms with van der Waals surface area (Å²) in [5, 5.41) is 0. The van der Waals surface area contributed by atoms with Crippen LogP contribution in [0.25, 0.3) is 0 Å². The first-order chi connectivity index (χ1) is 6.85. The molecule has 4 heteroatoms. The standard InChI is InChI=1S/C10H12N2O2/c11-5-9-8(6-13)10(3-4-12-9)14-7-1-2-7/h3-4,6-7H,1-2,5,11H2. The molecule has 0 amide bonds. The maximum atomic E-state index is 10.8. The van der Waals surface area contributed by atoms with Crippen molar-refractivity contribution in [2.45, 2.75) is 25.5 Å². The summed E-state index contributed by atoms with van der Waals surface area (Å²) >= 11 is 0. The first-order valence-corrected chi connectivity index (χ1v) is 4.65. The summed E-state index contributed by atoms with van der Waals surface area (Å²) in [6.45, 7) is 0.260. The van der Waals surface area contributed by atoms with Crippen molar-refractivity contribution in [3.05, 3.63) is 23.5 Å². The van der Waals surface area contributed by atoms with E-state index in [-0.39, 0.29) is 12.6 Å². The molecule has 1 aromatic heterocycles. The molecule has 0 aliphatic heterocycles. The summed E-state index contributed by atoms with van der Waals surface area (Å²) in [6, 6.07) is 1.71. The van der Waals surface area contributed by atoms with Crippen molar-refractivity contribution >= 4 is 6.29 Å². The number of carbonyl (C=O) groups excluding carboxylic acids is 1. The monoisotopic (exact) mass is 192 g/mol. The predicted octanol–water partition coefficient (Wildman–Crippen LogP) is 0.894. The lowest BCUT2D eigenvalue weighted by atomic mass is 10.2. The fraction of sp³-hybridized carbons (Fsp3) is 0.400. The largest absolute Gasteiger partial charge is 0.490 e. The molecule has 1 aromatic rings. The van der Waals surface area contributed by atoms with Crippen molar-refractivity contribution in [1.82, 2.24) is 4.98 Å². The molecule has 1 fully saturated rings. The van der Waals surface area contributed by atoms with Crippen LogP contribution in [-0.2, 0) is 6.54 Å². The number of carbonyl (C=O) groups is 1. The normalized spacial score (nSPS) is 15.2. The molecule has 2 N–H and O–H groups in total. The lowest BCUT2D eigenvalue weighted by molar-refractivity contribution is 0.111. The zero-order valence-corrected chi connectivity index (χ0v) is 7.77. The summed E-state index contributed by atoms with van der Waals surface area (Å²) in [4.78, 5) is 14.9. The lowest BCUT2D eigenvalue weighted by Gasteiger charge is -2.08. The van der Waals surface area contributed by atoms with Crippen LogP contribution >= 0.6 is 0 Å². The van der Waals surface area contributed by atoms with Crippen LogP contribution in [0, 0.1) is 0 Å². The number of hydrogen-bond acceptors (Lipinski definition) is 4. The van der Waals surface area contributed by atoms with E-state index < -0.39 is 0 Å². The average Bonchev–Trinajstić information content (AvgIpc) is 3.01. The second-order valence-corrected chi connectivity index (χ2v) is 3.31. The van der Waals surface area contributed by atoms with Crippen LogP contribution in [0.4, 0.5) is 0 Å². The van der Waals surface area contributed by atoms with Gasteiger partial charge < -0.3 is 10.5 Å². The molecular formula is C10H12N2O2. The highest BCUT2D eigenvalue weighted by Gasteiger charge is 2.25. The maximum Gasteiger partial charge on any atom is 0.155 e. The Kier molecular flexibility index (Phi) is 2.45. The smallest absolute Gasteiger partial charge is 0.155 e. The summed E-state index contributed by atoms with van der Waals surface area (Å²) in [5.41, 5.74) is 6.55. The molecule has 2 rings (SSSR count). The van der Waals surface area contributed by atoms with Gasteiger partial charge in [-0.05, 0) is 18.9 Å². The molecule has 4 nitrogen and oxygen atoms in total. The number of aldehydes is 1. The van der Waals surface area contributed by atoms with Gasteiger partial charge in [-0.15, -0.1) is 0 Å². The van der Waals surface area contributed by atoms with E-state index >= 15 is 0 Å². The molecule has 0 saturated heterocycles. The molecule has 0 radical (unpaired) electrons. The number of nitrogens with zero attached hydrogens (tertiary/aromatic N) is 1. The fourth-order valence-corrected chi connectivity index (χ4v) is 1.25. The van der Waals surface area contributed by atoms with Crippen LogP contribution in [0.5, 0.6) is 5.75 Å². The Morgan fingerprint density at radius 2 is 2.43 bits per heavy atom. The predicted molar refractivity (Wildman–Crippen MR) is 51.2 cm³/mol. The number of hydrogen-bond donors (Lipinski definition) is 1. The Labute approximate surface area is 82.1 Å². The first-order valence-electron chi connectivity index (χ1n) is 4.65. The second kappa shape index (κ2) is 3.75. The molecule has 1 aliphatic carbocycles. The summed E-state index contributed by atoms with van der Waals surface area (Å²) < 4.78 is 5.56. The van der Waals surface area contributed by atoms with E-state index in [2.05, 4.69) is 4.98 Å². The number of rotatable bonds is 4. The maximum absolute atomic E-state index is 10.8. The molecule has 0 atom stereocenters. The second-order valence-electron chi connectivity index (χ2n) is 3.31. The topological polar surface area (TPSA) is 65.2 Å². The summed E-state index contributed by atoms with van der Waals surface area (Å²) in [7, 11) is 0. The van der Waals surface area contributed by atoms with Crippen LogP contribution in [0.2, 0.25) is 0 Å². The number of pyridine rings is 1. The van der Waals surface area contributed by atoms with Gasteiger partial charge in [-0.1, -0.05) is 0 Å². The van der Waals surface area contributed by atoms with E-state index in [0.29, 0.717) is 17.0 Å². The minimum absolute atomic E-state index is 0.260. The van der Waals surface area contributed by atoms with E-state index in [1.54, 1.807) is 12.3 Å². The van der Waals surface area contributed by atoms with Gasteiger partial charge >= 0.3 is 0 Å². The third-order valence-corrected chi connectivity index (χ3v) is 2.16. The van der Waals surface area contributed by atoms with Crippen LogP contribution in [0.1, 0.15) is 28.9 Å². The third kappa shape index (κ3) is 1.75. The minimum Gasteiger partial charge on any atom is -0.490 e. The van der Waals surface area contributed by atoms with E-state index in [4.69, 9.17) is 10.5 Å². The van der Waals surface area contributed by atoms with Crippen molar-refractivity contribution in [2.24, 2.45) is 5.73 Å². The highest BCUT2D eigenvalue weighted by molar-refractivity contribution is 5.80. The molecule has 1 saturated carbocycles. The summed E-state index contributed by atoms with van der Waals surface area (Å²) in [6.07, 6.45) is 4.79. The molecule has 14 heavy (non-hydrogen) atoms. The van der Waals surface area contributed by atoms with E-state index in [9.17, 15) is 4.79 Å². The zero-order valence-electron chi connectivity index (χ0n) is 7.77. The van der Waals surface area contributed by atoms with Gasteiger partial charge in [-0.2, -0.15) is 0 Å². The lowest BCUT2D eigenvalue weighted by Crippen LogP contribution is -2.07. The van der Waals surface area contributed by atoms with Crippen LogP contribution in [0.3, 0.4) is 0 Å². The molecule has 0 aromatic carbocycles. The highest BCUT2D eigenvalue weighted by Crippen LogP contribution is 2.28. The molecule has 0 spiro atoms. The van der Waals surface area contributed by atoms with Gasteiger partial charge in [0.15, 0.2) is 6.29 Å². The van der Waals surface area contributed by atoms with Crippen LogP contribution < -0.4 is 10.5 Å². The average molecular weight is 192 g/mol. The minimum atomic E-state index is 0.260. The highest BCUT2D eigenvalue weighted by atomic mass is 16.5. The quantitative estimate of drug-likeness (QED) is 0.719. The molecule has 74 valence electrons. The van der Waals surface area contributed by atoms with Crippen LogP contribution in [-0.4, -0.2) is 17.4 Å². The van der Waals surface area contributed by atoms with E-state index in [1.165, 1.54) is 0 Å². The zero-order chi connectivity index (χ0) is 9.97. The fourth-order valence-electron chi connectivity index (χ4n) is 1.25. The molecular weight excluding hydrogens is 180 g/mol. The molecule has 0 unspecified atom stereocenters. The van der Waals surface area contributed by atoms with E-state index in [0.717, 1.165) is 19.1 Å². The van der Waals surface area contributed by atoms with Crippen molar-refractivity contribution in [1.29, 1.82) is 0 Å². The van der Waals surface area contributed by atoms with Gasteiger partial charge in [0.05, 0.1) is 17.4 Å². The Morgan fingerprint density at radius 3 is 3.00 bits per heavy atom. The van der Waals surface area contributed by atoms with Gasteiger partial charge in [0, 0.05) is 12.7 Å². The molecule has 1 aliphatic rings.